The second-order valence-corrected chi connectivity index (χ2v) is 7.68. The van der Waals surface area contributed by atoms with E-state index in [1.54, 1.807) is 23.1 Å². The van der Waals surface area contributed by atoms with Crippen LogP contribution in [0.2, 0.25) is 10.0 Å². The van der Waals surface area contributed by atoms with Crippen molar-refractivity contribution < 1.29 is 13.2 Å². The number of hydrogen-bond acceptors (Lipinski definition) is 3. The van der Waals surface area contributed by atoms with Gasteiger partial charge in [0.05, 0.1) is 16.3 Å². The van der Waals surface area contributed by atoms with Crippen LogP contribution in [0.1, 0.15) is 23.2 Å². The van der Waals surface area contributed by atoms with Crippen molar-refractivity contribution in [3.8, 4) is 0 Å². The molecule has 1 amide bonds. The van der Waals surface area contributed by atoms with E-state index in [1.165, 1.54) is 0 Å². The maximum atomic E-state index is 12.3. The van der Waals surface area contributed by atoms with Crippen molar-refractivity contribution in [1.29, 1.82) is 0 Å². The molecule has 1 N–H and O–H groups in total. The van der Waals surface area contributed by atoms with E-state index in [1.807, 2.05) is 0 Å². The van der Waals surface area contributed by atoms with Crippen LogP contribution in [-0.4, -0.2) is 44.6 Å². The van der Waals surface area contributed by atoms with Crippen molar-refractivity contribution in [3.05, 3.63) is 33.8 Å². The number of piperidine rings is 1. The highest BCUT2D eigenvalue weighted by Crippen LogP contribution is 2.24. The Hall–Kier alpha value is -0.820. The van der Waals surface area contributed by atoms with E-state index < -0.39 is 10.0 Å². The minimum Gasteiger partial charge on any atom is -0.339 e. The van der Waals surface area contributed by atoms with Crippen LogP contribution in [-0.2, 0) is 10.0 Å². The smallest absolute Gasteiger partial charge is 0.253 e. The second-order valence-electron chi connectivity index (χ2n) is 5.09. The van der Waals surface area contributed by atoms with Crippen molar-refractivity contribution in [3.63, 3.8) is 0 Å². The largest absolute Gasteiger partial charge is 0.339 e. The molecular weight excluding hydrogens is 335 g/mol. The van der Waals surface area contributed by atoms with Crippen molar-refractivity contribution >= 4 is 39.1 Å². The van der Waals surface area contributed by atoms with E-state index in [-0.39, 0.29) is 11.9 Å². The molecule has 1 aromatic rings. The Morgan fingerprint density at radius 3 is 2.38 bits per heavy atom. The fourth-order valence-electron chi connectivity index (χ4n) is 2.31. The first kappa shape index (κ1) is 16.5. The summed E-state index contributed by atoms with van der Waals surface area (Å²) in [4.78, 5) is 14.0. The van der Waals surface area contributed by atoms with Gasteiger partial charge in [0.2, 0.25) is 10.0 Å². The fraction of sp³-hybridized carbons (Fsp3) is 0.462. The van der Waals surface area contributed by atoms with Crippen LogP contribution in [0.3, 0.4) is 0 Å². The third-order valence-corrected chi connectivity index (χ3v) is 4.83. The highest BCUT2D eigenvalue weighted by molar-refractivity contribution is 7.88. The van der Waals surface area contributed by atoms with Crippen LogP contribution in [0.4, 0.5) is 0 Å². The van der Waals surface area contributed by atoms with Crippen LogP contribution >= 0.6 is 23.2 Å². The number of carbonyl (C=O) groups excluding carboxylic acids is 1. The molecule has 0 unspecified atom stereocenters. The quantitative estimate of drug-likeness (QED) is 0.907. The minimum absolute atomic E-state index is 0.113. The van der Waals surface area contributed by atoms with Gasteiger partial charge in [0, 0.05) is 24.7 Å². The summed E-state index contributed by atoms with van der Waals surface area (Å²) in [6, 6.07) is 4.66. The average molecular weight is 351 g/mol. The van der Waals surface area contributed by atoms with Crippen LogP contribution in [0, 0.1) is 0 Å². The predicted molar refractivity (Wildman–Crippen MR) is 83.4 cm³/mol. The summed E-state index contributed by atoms with van der Waals surface area (Å²) >= 11 is 11.7. The summed E-state index contributed by atoms with van der Waals surface area (Å²) in [5, 5.41) is 0.750. The highest BCUT2D eigenvalue weighted by atomic mass is 35.5. The van der Waals surface area contributed by atoms with Crippen LogP contribution in [0.15, 0.2) is 18.2 Å². The number of nitrogens with one attached hydrogen (secondary N) is 1. The number of amides is 1. The molecule has 0 atom stereocenters. The molecule has 5 nitrogen and oxygen atoms in total. The lowest BCUT2D eigenvalue weighted by Gasteiger charge is -2.32. The summed E-state index contributed by atoms with van der Waals surface area (Å²) < 4.78 is 24.9. The van der Waals surface area contributed by atoms with Gasteiger partial charge >= 0.3 is 0 Å². The van der Waals surface area contributed by atoms with Crippen molar-refractivity contribution in [2.45, 2.75) is 18.9 Å². The zero-order chi connectivity index (χ0) is 15.6. The number of carbonyl (C=O) groups is 1. The van der Waals surface area contributed by atoms with Crippen LogP contribution in [0.5, 0.6) is 0 Å². The Labute approximate surface area is 134 Å². The van der Waals surface area contributed by atoms with Gasteiger partial charge in [0.1, 0.15) is 0 Å². The van der Waals surface area contributed by atoms with Gasteiger partial charge in [0.25, 0.3) is 5.91 Å². The number of sulfonamides is 1. The molecule has 1 fully saturated rings. The van der Waals surface area contributed by atoms with Gasteiger partial charge in [0.15, 0.2) is 0 Å². The van der Waals surface area contributed by atoms with Crippen molar-refractivity contribution in [2.75, 3.05) is 19.3 Å². The van der Waals surface area contributed by atoms with E-state index in [0.717, 1.165) is 6.26 Å². The number of likely N-dealkylation sites (tertiary alicyclic amines) is 1. The maximum Gasteiger partial charge on any atom is 0.253 e. The number of nitrogens with zero attached hydrogens (tertiary/aromatic N) is 1. The molecule has 1 aliphatic heterocycles. The van der Waals surface area contributed by atoms with E-state index in [4.69, 9.17) is 23.2 Å². The molecule has 0 aromatic heterocycles. The molecule has 1 aromatic carbocycles. The van der Waals surface area contributed by atoms with Gasteiger partial charge < -0.3 is 4.90 Å². The number of rotatable bonds is 3. The molecule has 1 heterocycles. The lowest BCUT2D eigenvalue weighted by atomic mass is 10.0. The van der Waals surface area contributed by atoms with E-state index in [9.17, 15) is 13.2 Å². The van der Waals surface area contributed by atoms with Crippen LogP contribution < -0.4 is 4.72 Å². The molecule has 0 radical (unpaired) electrons. The Kier molecular flexibility index (Phi) is 5.14. The van der Waals surface area contributed by atoms with E-state index >= 15 is 0 Å². The predicted octanol–water partition coefficient (Wildman–Crippen LogP) is 2.15. The first-order chi connectivity index (χ1) is 9.76. The number of hydrogen-bond donors (Lipinski definition) is 1. The lowest BCUT2D eigenvalue weighted by molar-refractivity contribution is 0.0711. The van der Waals surface area contributed by atoms with Crippen molar-refractivity contribution in [2.24, 2.45) is 0 Å². The van der Waals surface area contributed by atoms with Gasteiger partial charge in [-0.05, 0) is 31.0 Å². The first-order valence-corrected chi connectivity index (χ1v) is 9.12. The minimum atomic E-state index is -3.21. The molecule has 0 saturated carbocycles. The Morgan fingerprint density at radius 1 is 1.24 bits per heavy atom. The molecule has 0 spiro atoms. The first-order valence-electron chi connectivity index (χ1n) is 6.48. The van der Waals surface area contributed by atoms with E-state index in [0.29, 0.717) is 41.5 Å². The Bertz CT molecular complexity index is 641. The van der Waals surface area contributed by atoms with Gasteiger partial charge in [-0.3, -0.25) is 4.79 Å². The van der Waals surface area contributed by atoms with Gasteiger partial charge in [-0.25, -0.2) is 13.1 Å². The summed E-state index contributed by atoms with van der Waals surface area (Å²) in [7, 11) is -3.21. The van der Waals surface area contributed by atoms with Gasteiger partial charge in [-0.15, -0.1) is 0 Å². The van der Waals surface area contributed by atoms with Gasteiger partial charge in [-0.1, -0.05) is 23.2 Å². The zero-order valence-corrected chi connectivity index (χ0v) is 13.8. The molecule has 0 aliphatic carbocycles. The standard InChI is InChI=1S/C13H16Cl2N2O3S/c1-21(19,20)16-10-4-6-17(7-5-10)13(18)9-2-3-11(14)12(15)8-9/h2-3,8,10,16H,4-7H2,1H3. The molecule has 1 aliphatic rings. The summed E-state index contributed by atoms with van der Waals surface area (Å²) in [5.74, 6) is -0.119. The Balaban J connectivity index is 1.98. The SMILES string of the molecule is CS(=O)(=O)NC1CCN(C(=O)c2ccc(Cl)c(Cl)c2)CC1. The number of halogens is 2. The van der Waals surface area contributed by atoms with Crippen LogP contribution in [0.25, 0.3) is 0 Å². The summed E-state index contributed by atoms with van der Waals surface area (Å²) in [6.07, 6.45) is 2.33. The summed E-state index contributed by atoms with van der Waals surface area (Å²) in [5.41, 5.74) is 0.485. The normalized spacial score (nSPS) is 17.0. The van der Waals surface area contributed by atoms with E-state index in [2.05, 4.69) is 4.72 Å². The molecule has 1 saturated heterocycles. The average Bonchev–Trinajstić information content (AvgIpc) is 2.40. The number of benzene rings is 1. The molecule has 2 rings (SSSR count). The topological polar surface area (TPSA) is 66.5 Å². The Morgan fingerprint density at radius 2 is 1.86 bits per heavy atom. The fourth-order valence-corrected chi connectivity index (χ4v) is 3.45. The molecule has 0 bridgehead atoms. The second kappa shape index (κ2) is 6.52. The van der Waals surface area contributed by atoms with Gasteiger partial charge in [-0.2, -0.15) is 0 Å². The lowest BCUT2D eigenvalue weighted by Crippen LogP contribution is -2.46. The zero-order valence-electron chi connectivity index (χ0n) is 11.5. The molecular formula is C13H16Cl2N2O3S. The highest BCUT2D eigenvalue weighted by Gasteiger charge is 2.25. The molecule has 8 heteroatoms. The monoisotopic (exact) mass is 350 g/mol. The summed E-state index contributed by atoms with van der Waals surface area (Å²) in [6.45, 7) is 1.01. The van der Waals surface area contributed by atoms with Crippen molar-refractivity contribution in [1.82, 2.24) is 9.62 Å². The third-order valence-electron chi connectivity index (χ3n) is 3.33. The third kappa shape index (κ3) is 4.57. The molecule has 116 valence electrons. The maximum absolute atomic E-state index is 12.3. The molecule has 21 heavy (non-hydrogen) atoms.